The van der Waals surface area contributed by atoms with E-state index in [0.717, 1.165) is 95.7 Å². The molecule has 5 N–H and O–H groups in total. The van der Waals surface area contributed by atoms with E-state index in [1.165, 1.54) is 18.7 Å². The number of hydrogen-bond donors (Lipinski definition) is 3. The highest BCUT2D eigenvalue weighted by Gasteiger charge is 2.28. The SMILES string of the molecule is C=CC(=O)Cl.C=CC(=O)N1CCC[C@@H](n2nc(-c3ccc(Oc4ccccc4)cc3)c3c(N)ncnc32)C1.Nc1ncnc2c1c(-c1ccc(Oc3ccccc3)cc1)nn2[C@@H]1CCCNC1. The van der Waals surface area contributed by atoms with Crippen molar-refractivity contribution in [3.8, 4) is 45.5 Å². The molecule has 2 aliphatic heterocycles. The lowest BCUT2D eigenvalue weighted by molar-refractivity contribution is -0.127. The molecule has 17 heteroatoms. The Labute approximate surface area is 391 Å². The van der Waals surface area contributed by atoms with E-state index in [1.54, 1.807) is 4.90 Å². The van der Waals surface area contributed by atoms with Crippen molar-refractivity contribution in [3.63, 3.8) is 0 Å². The first-order valence-corrected chi connectivity index (χ1v) is 22.2. The highest BCUT2D eigenvalue weighted by atomic mass is 35.5. The number of ether oxygens (including phenoxy) is 2. The Morgan fingerprint density at radius 1 is 0.642 bits per heavy atom. The van der Waals surface area contributed by atoms with Gasteiger partial charge in [-0.2, -0.15) is 10.2 Å². The summed E-state index contributed by atoms with van der Waals surface area (Å²) in [7, 11) is 0. The number of rotatable bonds is 10. The van der Waals surface area contributed by atoms with Crippen LogP contribution in [0.5, 0.6) is 23.0 Å². The van der Waals surface area contributed by atoms with Gasteiger partial charge in [0, 0.05) is 30.8 Å². The fourth-order valence-electron chi connectivity index (χ4n) is 8.04. The second-order valence-electron chi connectivity index (χ2n) is 15.7. The van der Waals surface area contributed by atoms with Crippen LogP contribution in [0.25, 0.3) is 44.6 Å². The summed E-state index contributed by atoms with van der Waals surface area (Å²) in [6.07, 6.45) is 9.32. The average molecular weight is 917 g/mol. The fraction of sp³-hybridized carbons (Fsp3) is 0.200. The number of para-hydroxylation sites is 2. The van der Waals surface area contributed by atoms with Gasteiger partial charge in [-0.25, -0.2) is 29.3 Å². The van der Waals surface area contributed by atoms with Crippen LogP contribution in [0.4, 0.5) is 11.6 Å². The maximum atomic E-state index is 12.2. The minimum absolute atomic E-state index is 0.00566. The van der Waals surface area contributed by atoms with Crippen LogP contribution in [0.3, 0.4) is 0 Å². The van der Waals surface area contributed by atoms with Gasteiger partial charge in [0.2, 0.25) is 11.1 Å². The topological polar surface area (TPSA) is 207 Å². The number of carbonyl (C=O) groups is 2. The Kier molecular flexibility index (Phi) is 14.5. The number of nitrogens with zero attached hydrogens (tertiary/aromatic N) is 9. The molecule has 0 saturated carbocycles. The lowest BCUT2D eigenvalue weighted by atomic mass is 10.1. The number of nitrogens with two attached hydrogens (primary N) is 2. The van der Waals surface area contributed by atoms with Crippen LogP contribution in [-0.2, 0) is 9.59 Å². The number of carbonyl (C=O) groups excluding carboxylic acids is 2. The molecule has 340 valence electrons. The van der Waals surface area contributed by atoms with Crippen LogP contribution >= 0.6 is 11.6 Å². The summed E-state index contributed by atoms with van der Waals surface area (Å²) in [5.41, 5.74) is 17.3. The van der Waals surface area contributed by atoms with Gasteiger partial charge in [0.05, 0.1) is 22.9 Å². The molecule has 2 aliphatic rings. The molecule has 0 spiro atoms. The van der Waals surface area contributed by atoms with E-state index >= 15 is 0 Å². The van der Waals surface area contributed by atoms with E-state index in [0.29, 0.717) is 41.5 Å². The minimum atomic E-state index is -0.509. The van der Waals surface area contributed by atoms with Gasteiger partial charge >= 0.3 is 0 Å². The Hall–Kier alpha value is -7.95. The second kappa shape index (κ2) is 21.4. The molecule has 0 radical (unpaired) electrons. The summed E-state index contributed by atoms with van der Waals surface area (Å²) in [5, 5.41) is 14.3. The molecule has 2 fully saturated rings. The molecule has 1 amide bonds. The van der Waals surface area contributed by atoms with Gasteiger partial charge in [0.1, 0.15) is 58.7 Å². The van der Waals surface area contributed by atoms with Crippen molar-refractivity contribution in [2.75, 3.05) is 37.6 Å². The summed E-state index contributed by atoms with van der Waals surface area (Å²) in [6, 6.07) is 35.2. The first-order chi connectivity index (χ1) is 32.7. The maximum Gasteiger partial charge on any atom is 0.246 e. The Bertz CT molecular complexity index is 2980. The molecule has 2 saturated heterocycles. The van der Waals surface area contributed by atoms with E-state index < -0.39 is 5.24 Å². The van der Waals surface area contributed by atoms with Crippen molar-refractivity contribution in [2.45, 2.75) is 37.8 Å². The number of halogens is 1. The van der Waals surface area contributed by atoms with E-state index in [1.807, 2.05) is 119 Å². The lowest BCUT2D eigenvalue weighted by Gasteiger charge is -2.32. The number of allylic oxidation sites excluding steroid dienone is 1. The van der Waals surface area contributed by atoms with E-state index in [-0.39, 0.29) is 18.0 Å². The average Bonchev–Trinajstić information content (AvgIpc) is 3.97. The molecule has 8 aromatic rings. The van der Waals surface area contributed by atoms with Gasteiger partial charge in [-0.1, -0.05) is 49.6 Å². The summed E-state index contributed by atoms with van der Waals surface area (Å²) in [6.45, 7) is 9.88. The molecule has 0 aliphatic carbocycles. The number of nitrogen functional groups attached to an aromatic ring is 2. The molecule has 4 aromatic carbocycles. The number of piperidine rings is 2. The van der Waals surface area contributed by atoms with Crippen molar-refractivity contribution >= 4 is 56.5 Å². The number of benzene rings is 4. The van der Waals surface area contributed by atoms with Gasteiger partial charge in [0.15, 0.2) is 11.3 Å². The van der Waals surface area contributed by atoms with Crippen LogP contribution < -0.4 is 26.3 Å². The largest absolute Gasteiger partial charge is 0.457 e. The van der Waals surface area contributed by atoms with E-state index in [9.17, 15) is 9.59 Å². The molecule has 0 bridgehead atoms. The Balaban J connectivity index is 0.000000166. The van der Waals surface area contributed by atoms with Gasteiger partial charge in [-0.05, 0) is 129 Å². The molecule has 10 rings (SSSR count). The third-order valence-electron chi connectivity index (χ3n) is 11.3. The van der Waals surface area contributed by atoms with Gasteiger partial charge in [0.25, 0.3) is 0 Å². The molecule has 2 atom stereocenters. The smallest absolute Gasteiger partial charge is 0.246 e. The number of aromatic nitrogens is 8. The molecule has 0 unspecified atom stereocenters. The monoisotopic (exact) mass is 916 g/mol. The number of hydrogen-bond acceptors (Lipinski definition) is 13. The number of amides is 1. The van der Waals surface area contributed by atoms with Crippen LogP contribution in [0.15, 0.2) is 147 Å². The van der Waals surface area contributed by atoms with Crippen LogP contribution in [-0.4, -0.2) is 81.7 Å². The van der Waals surface area contributed by atoms with Crippen molar-refractivity contribution in [1.82, 2.24) is 49.7 Å². The zero-order valence-corrected chi connectivity index (χ0v) is 37.4. The van der Waals surface area contributed by atoms with Gasteiger partial charge < -0.3 is 31.2 Å². The lowest BCUT2D eigenvalue weighted by Crippen LogP contribution is -2.40. The first kappa shape index (κ1) is 45.6. The number of likely N-dealkylation sites (tertiary alicyclic amines) is 1. The second-order valence-corrected chi connectivity index (χ2v) is 16.0. The molecule has 16 nitrogen and oxygen atoms in total. The van der Waals surface area contributed by atoms with Crippen LogP contribution in [0.2, 0.25) is 0 Å². The van der Waals surface area contributed by atoms with Gasteiger partial charge in [-0.15, -0.1) is 0 Å². The van der Waals surface area contributed by atoms with Crippen molar-refractivity contribution in [2.24, 2.45) is 0 Å². The third kappa shape index (κ3) is 10.8. The summed E-state index contributed by atoms with van der Waals surface area (Å²) < 4.78 is 15.7. The summed E-state index contributed by atoms with van der Waals surface area (Å²) in [5.74, 6) is 3.82. The normalized spacial score (nSPS) is 15.6. The van der Waals surface area contributed by atoms with Crippen molar-refractivity contribution in [1.29, 1.82) is 0 Å². The standard InChI is InChI=1S/C25H24N6O2.C22H22N6O.C3H3ClO/c1-2-21(32)30-14-6-7-18(15-30)31-25-22(24(26)27-16-28-25)23(29-31)17-10-12-20(13-11-17)33-19-8-4-3-5-9-19;23-21-19-20(15-8-10-18(11-9-15)29-17-6-2-1-3-7-17)27-28(22(19)26-14-25-21)16-5-4-12-24-13-16;1-2-3(4)5/h2-5,8-13,16,18H,1,6-7,14-15H2,(H2,26,27,28);1-3,6-11,14,16,24H,4-5,12-13H2,(H2,23,25,26);2H,1H2/t18-;16-;/m11./s1. The van der Waals surface area contributed by atoms with Crippen LogP contribution in [0.1, 0.15) is 37.8 Å². The van der Waals surface area contributed by atoms with Crippen molar-refractivity contribution in [3.05, 3.63) is 147 Å². The maximum absolute atomic E-state index is 12.2. The molecular weight excluding hydrogens is 868 g/mol. The highest BCUT2D eigenvalue weighted by molar-refractivity contribution is 6.66. The number of anilines is 2. The Morgan fingerprint density at radius 3 is 1.55 bits per heavy atom. The zero-order valence-electron chi connectivity index (χ0n) is 36.6. The Morgan fingerprint density at radius 2 is 1.10 bits per heavy atom. The van der Waals surface area contributed by atoms with E-state index in [4.69, 9.17) is 42.7 Å². The van der Waals surface area contributed by atoms with Gasteiger partial charge in [-0.3, -0.25) is 9.59 Å². The van der Waals surface area contributed by atoms with Crippen LogP contribution in [0, 0.1) is 0 Å². The van der Waals surface area contributed by atoms with E-state index in [2.05, 4.69) is 38.4 Å². The molecule has 6 heterocycles. The fourth-order valence-corrected chi connectivity index (χ4v) is 8.04. The summed E-state index contributed by atoms with van der Waals surface area (Å²) in [4.78, 5) is 40.8. The molecule has 67 heavy (non-hydrogen) atoms. The molecular formula is C50H49ClN12O4. The highest BCUT2D eigenvalue weighted by Crippen LogP contribution is 2.36. The van der Waals surface area contributed by atoms with Crippen molar-refractivity contribution < 1.29 is 19.1 Å². The summed E-state index contributed by atoms with van der Waals surface area (Å²) >= 11 is 4.71. The first-order valence-electron chi connectivity index (χ1n) is 21.8. The predicted molar refractivity (Wildman–Crippen MR) is 261 cm³/mol. The predicted octanol–water partition coefficient (Wildman–Crippen LogP) is 8.95. The quantitative estimate of drug-likeness (QED) is 0.0866. The third-order valence-corrected chi connectivity index (χ3v) is 11.4. The minimum Gasteiger partial charge on any atom is -0.457 e. The number of fused-ring (bicyclic) bond motifs is 2. The zero-order chi connectivity index (χ0) is 46.7. The molecule has 4 aromatic heterocycles. The number of nitrogens with one attached hydrogen (secondary N) is 1.